The fourth-order valence-corrected chi connectivity index (χ4v) is 0.890. The lowest BCUT2D eigenvalue weighted by Crippen LogP contribution is -2.17. The largest absolute Gasteiger partial charge is 0.573 e. The van der Waals surface area contributed by atoms with Crippen LogP contribution < -0.4 is 4.74 Å². The number of hydrogen-bond acceptors (Lipinski definition) is 1. The quantitative estimate of drug-likeness (QED) is 0.684. The summed E-state index contributed by atoms with van der Waals surface area (Å²) >= 11 is 0. The molecule has 0 bridgehead atoms. The zero-order valence-corrected chi connectivity index (χ0v) is 6.74. The van der Waals surface area contributed by atoms with E-state index < -0.39 is 24.6 Å². The smallest absolute Gasteiger partial charge is 0.406 e. The molecule has 0 unspecified atom stereocenters. The Kier molecular flexibility index (Phi) is 2.93. The van der Waals surface area contributed by atoms with Gasteiger partial charge in [0.25, 0.3) is 0 Å². The summed E-state index contributed by atoms with van der Waals surface area (Å²) < 4.78 is 63.0. The standard InChI is InChI=1S/C8H5F5O/c9-4-5-1-6(10)3-7(2-5)14-8(11,12)13/h1-3H,4H2. The Labute approximate surface area is 76.1 Å². The van der Waals surface area contributed by atoms with Crippen LogP contribution >= 0.6 is 0 Å². The van der Waals surface area contributed by atoms with Crippen molar-refractivity contribution in [1.82, 2.24) is 0 Å². The highest BCUT2D eigenvalue weighted by atomic mass is 19.4. The van der Waals surface area contributed by atoms with Gasteiger partial charge in [-0.2, -0.15) is 0 Å². The van der Waals surface area contributed by atoms with Crippen LogP contribution in [0.25, 0.3) is 0 Å². The van der Waals surface area contributed by atoms with Gasteiger partial charge >= 0.3 is 6.36 Å². The number of ether oxygens (including phenoxy) is 1. The maximum Gasteiger partial charge on any atom is 0.573 e. The molecule has 0 amide bonds. The van der Waals surface area contributed by atoms with Gasteiger partial charge in [0.05, 0.1) is 0 Å². The fourth-order valence-electron chi connectivity index (χ4n) is 0.890. The molecule has 0 aromatic heterocycles. The third-order valence-electron chi connectivity index (χ3n) is 1.32. The Morgan fingerprint density at radius 3 is 2.29 bits per heavy atom. The van der Waals surface area contributed by atoms with E-state index in [4.69, 9.17) is 0 Å². The van der Waals surface area contributed by atoms with Crippen molar-refractivity contribution in [3.63, 3.8) is 0 Å². The normalized spacial score (nSPS) is 11.5. The van der Waals surface area contributed by atoms with Gasteiger partial charge in [-0.15, -0.1) is 13.2 Å². The van der Waals surface area contributed by atoms with Gasteiger partial charge in [-0.25, -0.2) is 8.78 Å². The lowest BCUT2D eigenvalue weighted by atomic mass is 10.2. The highest BCUT2D eigenvalue weighted by Gasteiger charge is 2.31. The van der Waals surface area contributed by atoms with Crippen LogP contribution in [0.3, 0.4) is 0 Å². The van der Waals surface area contributed by atoms with E-state index in [9.17, 15) is 22.0 Å². The molecule has 0 spiro atoms. The van der Waals surface area contributed by atoms with E-state index in [0.717, 1.165) is 12.1 Å². The number of halogens is 5. The van der Waals surface area contributed by atoms with E-state index in [-0.39, 0.29) is 5.56 Å². The fraction of sp³-hybridized carbons (Fsp3) is 0.250. The first-order valence-electron chi connectivity index (χ1n) is 3.52. The first kappa shape index (κ1) is 10.7. The molecule has 0 saturated heterocycles. The van der Waals surface area contributed by atoms with Crippen LogP contribution in [0.4, 0.5) is 22.0 Å². The van der Waals surface area contributed by atoms with E-state index in [1.165, 1.54) is 0 Å². The van der Waals surface area contributed by atoms with Crippen molar-refractivity contribution >= 4 is 0 Å². The van der Waals surface area contributed by atoms with Crippen LogP contribution in [-0.2, 0) is 6.67 Å². The van der Waals surface area contributed by atoms with Crippen molar-refractivity contribution in [3.05, 3.63) is 29.6 Å². The third kappa shape index (κ3) is 3.20. The zero-order valence-electron chi connectivity index (χ0n) is 6.74. The highest BCUT2D eigenvalue weighted by molar-refractivity contribution is 5.29. The number of benzene rings is 1. The summed E-state index contributed by atoms with van der Waals surface area (Å²) in [5, 5.41) is 0. The average Bonchev–Trinajstić information content (AvgIpc) is 1.99. The van der Waals surface area contributed by atoms with E-state index in [2.05, 4.69) is 4.74 Å². The minimum absolute atomic E-state index is 0.204. The molecular weight excluding hydrogens is 207 g/mol. The van der Waals surface area contributed by atoms with Gasteiger partial charge in [0, 0.05) is 6.07 Å². The summed E-state index contributed by atoms with van der Waals surface area (Å²) in [5.74, 6) is -1.73. The number of rotatable bonds is 2. The third-order valence-corrected chi connectivity index (χ3v) is 1.32. The summed E-state index contributed by atoms with van der Waals surface area (Å²) in [4.78, 5) is 0. The minimum Gasteiger partial charge on any atom is -0.406 e. The molecular formula is C8H5F5O. The van der Waals surface area contributed by atoms with Gasteiger partial charge in [0.2, 0.25) is 0 Å². The van der Waals surface area contributed by atoms with Crippen LogP contribution in [0.15, 0.2) is 18.2 Å². The molecule has 1 nitrogen and oxygen atoms in total. The highest BCUT2D eigenvalue weighted by Crippen LogP contribution is 2.24. The van der Waals surface area contributed by atoms with Gasteiger partial charge in [-0.3, -0.25) is 0 Å². The molecule has 0 aliphatic rings. The van der Waals surface area contributed by atoms with Crippen LogP contribution in [0.1, 0.15) is 5.56 Å². The second kappa shape index (κ2) is 3.81. The maximum atomic E-state index is 12.6. The van der Waals surface area contributed by atoms with Crippen molar-refractivity contribution in [2.24, 2.45) is 0 Å². The average molecular weight is 212 g/mol. The molecule has 0 aliphatic heterocycles. The number of alkyl halides is 4. The first-order chi connectivity index (χ1) is 6.40. The molecule has 0 saturated carbocycles. The molecule has 0 N–H and O–H groups in total. The maximum absolute atomic E-state index is 12.6. The van der Waals surface area contributed by atoms with Crippen molar-refractivity contribution in [2.45, 2.75) is 13.0 Å². The van der Waals surface area contributed by atoms with E-state index in [1.807, 2.05) is 0 Å². The molecule has 0 fully saturated rings. The van der Waals surface area contributed by atoms with Crippen molar-refractivity contribution in [3.8, 4) is 5.75 Å². The van der Waals surface area contributed by atoms with E-state index >= 15 is 0 Å². The molecule has 14 heavy (non-hydrogen) atoms. The first-order valence-corrected chi connectivity index (χ1v) is 3.52. The van der Waals surface area contributed by atoms with E-state index in [0.29, 0.717) is 6.07 Å². The Morgan fingerprint density at radius 2 is 1.79 bits per heavy atom. The van der Waals surface area contributed by atoms with Gasteiger partial charge in [0.15, 0.2) is 0 Å². The Morgan fingerprint density at radius 1 is 1.14 bits per heavy atom. The van der Waals surface area contributed by atoms with Crippen LogP contribution in [0, 0.1) is 5.82 Å². The van der Waals surface area contributed by atoms with Crippen LogP contribution in [0.2, 0.25) is 0 Å². The predicted molar refractivity (Wildman–Crippen MR) is 37.9 cm³/mol. The van der Waals surface area contributed by atoms with E-state index in [1.54, 1.807) is 0 Å². The van der Waals surface area contributed by atoms with Crippen LogP contribution in [-0.4, -0.2) is 6.36 Å². The summed E-state index contributed by atoms with van der Waals surface area (Å²) in [6.07, 6.45) is -4.90. The van der Waals surface area contributed by atoms with Crippen molar-refractivity contribution < 1.29 is 26.7 Å². The lowest BCUT2D eigenvalue weighted by molar-refractivity contribution is -0.274. The Hall–Kier alpha value is -1.33. The summed E-state index contributed by atoms with van der Waals surface area (Å²) in [5.41, 5.74) is -0.204. The number of hydrogen-bond donors (Lipinski definition) is 0. The summed E-state index contributed by atoms with van der Waals surface area (Å²) in [7, 11) is 0. The molecule has 0 heterocycles. The minimum atomic E-state index is -4.90. The van der Waals surface area contributed by atoms with Crippen molar-refractivity contribution in [1.29, 1.82) is 0 Å². The van der Waals surface area contributed by atoms with Crippen LogP contribution in [0.5, 0.6) is 5.75 Å². The molecule has 6 heteroatoms. The monoisotopic (exact) mass is 212 g/mol. The second-order valence-electron chi connectivity index (χ2n) is 2.48. The summed E-state index contributed by atoms with van der Waals surface area (Å²) in [6, 6.07) is 2.12. The SMILES string of the molecule is FCc1cc(F)cc(OC(F)(F)F)c1. The zero-order chi connectivity index (χ0) is 10.8. The Bertz CT molecular complexity index is 320. The topological polar surface area (TPSA) is 9.23 Å². The molecule has 78 valence electrons. The lowest BCUT2D eigenvalue weighted by Gasteiger charge is -2.09. The van der Waals surface area contributed by atoms with Crippen molar-refractivity contribution in [2.75, 3.05) is 0 Å². The Balaban J connectivity index is 2.92. The van der Waals surface area contributed by atoms with Gasteiger partial charge in [-0.05, 0) is 17.7 Å². The predicted octanol–water partition coefficient (Wildman–Crippen LogP) is 3.19. The molecule has 0 aliphatic carbocycles. The van der Waals surface area contributed by atoms with Gasteiger partial charge in [0.1, 0.15) is 18.2 Å². The molecule has 1 aromatic rings. The summed E-state index contributed by atoms with van der Waals surface area (Å²) in [6.45, 7) is -1.05. The van der Waals surface area contributed by atoms with Gasteiger partial charge in [-0.1, -0.05) is 0 Å². The molecule has 1 rings (SSSR count). The molecule has 0 radical (unpaired) electrons. The van der Waals surface area contributed by atoms with Gasteiger partial charge < -0.3 is 4.74 Å². The molecule has 1 aromatic carbocycles. The second-order valence-corrected chi connectivity index (χ2v) is 2.48. The molecule has 0 atom stereocenters.